The number of hydrogen-bond donors (Lipinski definition) is 2. The maximum absolute atomic E-state index is 13.3. The van der Waals surface area contributed by atoms with Crippen molar-refractivity contribution >= 4 is 104 Å². The molecule has 5 aliphatic carbocycles. The van der Waals surface area contributed by atoms with Gasteiger partial charge >= 0.3 is 84.8 Å². The molecule has 5 saturated carbocycles. The smallest absolute Gasteiger partial charge is 0.465 e. The summed E-state index contributed by atoms with van der Waals surface area (Å²) in [4.78, 5) is 183. The van der Waals surface area contributed by atoms with E-state index in [1.165, 1.54) is 13.0 Å². The molecule has 0 radical (unpaired) electrons. The van der Waals surface area contributed by atoms with Gasteiger partial charge in [-0.25, -0.2) is 79.9 Å². The highest BCUT2D eigenvalue weighted by atomic mass is 35.5. The van der Waals surface area contributed by atoms with E-state index in [2.05, 4.69) is 27.9 Å². The summed E-state index contributed by atoms with van der Waals surface area (Å²) in [5, 5.41) is 2.60. The second-order valence-corrected chi connectivity index (χ2v) is 37.3. The molecule has 122 heavy (non-hydrogen) atoms. The lowest BCUT2D eigenvalue weighted by Crippen LogP contribution is -2.55. The Balaban J connectivity index is 0. The van der Waals surface area contributed by atoms with E-state index < -0.39 is 206 Å². The van der Waals surface area contributed by atoms with Crippen LogP contribution < -0.4 is 11.1 Å². The van der Waals surface area contributed by atoms with Crippen LogP contribution in [-0.2, 0) is 99.8 Å². The molecule has 0 aromatic heterocycles. The van der Waals surface area contributed by atoms with Gasteiger partial charge in [-0.05, 0) is 254 Å². The van der Waals surface area contributed by atoms with Crippen LogP contribution in [0.4, 0.5) is 60.7 Å². The lowest BCUT2D eigenvalue weighted by molar-refractivity contribution is -0.153. The summed E-state index contributed by atoms with van der Waals surface area (Å²) in [6.07, 6.45) is -10.6. The summed E-state index contributed by atoms with van der Waals surface area (Å²) in [5.74, 6) is -7.64. The first-order valence-corrected chi connectivity index (χ1v) is 39.3. The minimum atomic E-state index is -2.92. The first-order valence-electron chi connectivity index (χ1n) is 39.3. The second-order valence-electron chi connectivity index (χ2n) is 37.3. The summed E-state index contributed by atoms with van der Waals surface area (Å²) in [5.41, 5.74) is -9.85. The molecule has 0 heterocycles. The maximum atomic E-state index is 13.3. The van der Waals surface area contributed by atoms with Crippen LogP contribution in [0.1, 0.15) is 254 Å². The van der Waals surface area contributed by atoms with Gasteiger partial charge in [0.2, 0.25) is 12.9 Å². The van der Waals surface area contributed by atoms with E-state index in [1.54, 1.807) is 221 Å². The zero-order valence-corrected chi connectivity index (χ0v) is 77.7. The Morgan fingerprint density at radius 3 is 0.836 bits per heavy atom. The van der Waals surface area contributed by atoms with Crippen molar-refractivity contribution in [2.45, 2.75) is 345 Å². The Kier molecular flexibility index (Phi) is 41.7. The number of imide groups is 3. The Hall–Kier alpha value is -9.30. The highest BCUT2D eigenvalue weighted by Gasteiger charge is 2.74. The molecule has 7 amide bonds. The van der Waals surface area contributed by atoms with Crippen LogP contribution in [0, 0.1) is 29.6 Å². The third-order valence-electron chi connectivity index (χ3n) is 15.9. The van der Waals surface area contributed by atoms with E-state index in [-0.39, 0.29) is 70.6 Å². The number of rotatable bonds is 19. The molecular weight excluding hydrogens is 1650 g/mol. The van der Waals surface area contributed by atoms with Crippen molar-refractivity contribution in [1.29, 1.82) is 0 Å². The highest BCUT2D eigenvalue weighted by Crippen LogP contribution is 2.55. The van der Waals surface area contributed by atoms with E-state index in [4.69, 9.17) is 67.3 Å². The second kappa shape index (κ2) is 44.3. The number of esters is 5. The number of aldehydes is 1. The standard InChI is InChI=1S/C18H29NO6.C17H27F2NO6.C17H27NO7.C13H21NO4.C10H18O5.C7H11F2NO2.ClH/c1-9-12-11-18(12,13(20)23-10-2)19(14(21)24-16(3,4)5)15(22)25-17(6,7)8;1-8-24-12(21)17(9-10(17)11(18)19)20(13(22)25-15(2,3)4)14(23)26-16(5,6)7;1-8-23-12(20)17(9-11(17)10-19)18(13(21)24-15(2,3)4)14(22)25-16(5,6)7;1-6-9-8-13(9,10(15)17-7-2)14-11(16)18-12(3,4)5;1-9(2,3)14-7(11)13-8(12)15-10(4,5)6;1-2-12-6(11)7(10)3-4(7)5(8)9;/h9,12H,1,10-11H2,2-8H3;10-11H,8-9H2,1-7H3;10-11H,8-9H2,1-7H3;6,9H,1,7-8H2,2-5H3,(H,14,16);1-6H3;4-5H,2-3,10H2,1H3;1H/t12-,18-;10-,17+;11-,17+;9-,13-;;4-,7+;/m1001.0./s1. The van der Waals surface area contributed by atoms with Gasteiger partial charge in [-0.3, -0.25) is 4.79 Å². The van der Waals surface area contributed by atoms with Crippen LogP contribution in [0.25, 0.3) is 0 Å². The van der Waals surface area contributed by atoms with Gasteiger partial charge in [0.15, 0.2) is 16.6 Å². The summed E-state index contributed by atoms with van der Waals surface area (Å²) < 4.78 is 126. The minimum Gasteiger partial charge on any atom is -0.465 e. The molecule has 5 aliphatic rings. The Labute approximate surface area is 719 Å². The number of ether oxygens (including phenoxy) is 15. The van der Waals surface area contributed by atoms with Gasteiger partial charge in [0, 0.05) is 11.8 Å². The minimum absolute atomic E-state index is 0. The number of carbonyl (C=O) groups is 15. The van der Waals surface area contributed by atoms with Gasteiger partial charge in [-0.2, -0.15) is 14.7 Å². The number of nitrogens with zero attached hydrogens (tertiary/aromatic N) is 3. The van der Waals surface area contributed by atoms with Gasteiger partial charge in [0.05, 0.1) is 50.8 Å². The van der Waals surface area contributed by atoms with Crippen LogP contribution in [0.2, 0.25) is 0 Å². The SMILES string of the molecule is C=C[C@@H]1C[C@@]1(C(=O)OCC)N(C(=O)OC(C)(C)C)C(=O)OC(C)(C)C.C=C[C@@H]1C[C@]1(NC(=O)OC(C)(C)C)C(=O)OCC.CC(C)(C)OC(=O)OC(=O)OC(C)(C)C.CCOC(=O)[C@@]1(N(C(=O)OC(C)(C)C)C(=O)OC(C)(C)C)C[C@H]1C(F)F.CCOC(=O)[C@@]1(N(C(=O)OC(C)(C)C)C(=O)OC(C)(C)C)C[C@H]1C=O.CCOC(=O)[C@@]1(N)C[C@H]1C(F)F.Cl. The van der Waals surface area contributed by atoms with Crippen molar-refractivity contribution in [2.75, 3.05) is 33.0 Å². The third kappa shape index (κ3) is 36.6. The van der Waals surface area contributed by atoms with E-state index in [0.29, 0.717) is 22.5 Å². The van der Waals surface area contributed by atoms with E-state index in [9.17, 15) is 89.5 Å². The predicted molar refractivity (Wildman–Crippen MR) is 433 cm³/mol. The molecule has 702 valence electrons. The fourth-order valence-electron chi connectivity index (χ4n) is 10.6. The Morgan fingerprint density at radius 2 is 0.615 bits per heavy atom. The largest absolute Gasteiger partial charge is 0.519 e. The summed E-state index contributed by atoms with van der Waals surface area (Å²) in [6, 6.07) is 0. The first kappa shape index (κ1) is 115. The van der Waals surface area contributed by atoms with E-state index in [1.807, 2.05) is 0 Å². The van der Waals surface area contributed by atoms with Gasteiger partial charge in [-0.1, -0.05) is 12.2 Å². The Morgan fingerprint density at radius 1 is 0.361 bits per heavy atom. The van der Waals surface area contributed by atoms with Crippen LogP contribution in [-0.4, -0.2) is 230 Å². The lowest BCUT2D eigenvalue weighted by atomic mass is 10.1. The molecule has 0 unspecified atom stereocenters. The molecule has 0 aliphatic heterocycles. The molecule has 5 fully saturated rings. The monoisotopic (exact) mass is 1780 g/mol. The normalized spacial score (nSPS) is 22.7. The first-order chi connectivity index (χ1) is 54.5. The number of alkyl halides is 4. The van der Waals surface area contributed by atoms with Crippen LogP contribution in [0.15, 0.2) is 25.3 Å². The molecule has 40 heteroatoms. The van der Waals surface area contributed by atoms with Crippen molar-refractivity contribution in [2.24, 2.45) is 35.3 Å². The van der Waals surface area contributed by atoms with Crippen LogP contribution >= 0.6 is 12.4 Å². The van der Waals surface area contributed by atoms with Crippen molar-refractivity contribution in [3.63, 3.8) is 0 Å². The number of halogens is 5. The van der Waals surface area contributed by atoms with E-state index in [0.717, 1.165) is 4.90 Å². The molecule has 0 saturated heterocycles. The van der Waals surface area contributed by atoms with Gasteiger partial charge in [-0.15, -0.1) is 25.6 Å². The average Bonchev–Trinajstić information content (AvgIpc) is 1.56. The zero-order chi connectivity index (χ0) is 95.4. The maximum Gasteiger partial charge on any atom is 0.519 e. The molecule has 3 N–H and O–H groups in total. The highest BCUT2D eigenvalue weighted by molar-refractivity contribution is 6.03. The van der Waals surface area contributed by atoms with Crippen molar-refractivity contribution in [1.82, 2.24) is 20.0 Å². The summed E-state index contributed by atoms with van der Waals surface area (Å²) in [6.45, 7) is 60.3. The van der Waals surface area contributed by atoms with Crippen molar-refractivity contribution in [3.8, 4) is 0 Å². The number of alkyl carbamates (subject to hydrolysis) is 1. The number of nitrogens with two attached hydrogens (primary N) is 1. The van der Waals surface area contributed by atoms with Gasteiger partial charge < -0.3 is 86.9 Å². The number of nitrogens with one attached hydrogen (secondary N) is 1. The van der Waals surface area contributed by atoms with Crippen LogP contribution in [0.3, 0.4) is 0 Å². The number of carbonyl (C=O) groups excluding carboxylic acids is 15. The predicted octanol–water partition coefficient (Wildman–Crippen LogP) is 15.9. The molecule has 35 nitrogen and oxygen atoms in total. The van der Waals surface area contributed by atoms with Gasteiger partial charge in [0.25, 0.3) is 0 Å². The molecule has 0 aromatic rings. The third-order valence-corrected chi connectivity index (χ3v) is 15.9. The van der Waals surface area contributed by atoms with Crippen LogP contribution in [0.5, 0.6) is 0 Å². The quantitative estimate of drug-likeness (QED) is 0.0303. The van der Waals surface area contributed by atoms with E-state index >= 15 is 0 Å². The van der Waals surface area contributed by atoms with Gasteiger partial charge in [0.1, 0.15) is 67.8 Å². The molecule has 0 spiro atoms. The number of amides is 7. The molecule has 5 rings (SSSR count). The van der Waals surface area contributed by atoms with Crippen molar-refractivity contribution < 1.29 is 161 Å². The fraction of sp³-hybridized carbons (Fsp3) is 0.768. The lowest BCUT2D eigenvalue weighted by Gasteiger charge is -2.33. The molecular formula is C82H134ClF4N5O30. The Bertz CT molecular complexity index is 3460. The summed E-state index contributed by atoms with van der Waals surface area (Å²) >= 11 is 0. The molecule has 0 bridgehead atoms. The zero-order valence-electron chi connectivity index (χ0n) is 76.8. The summed E-state index contributed by atoms with van der Waals surface area (Å²) in [7, 11) is 0. The molecule has 10 atom stereocenters. The fourth-order valence-corrected chi connectivity index (χ4v) is 10.6. The molecule has 0 aromatic carbocycles. The topological polar surface area (TPSA) is 442 Å². The van der Waals surface area contributed by atoms with Crippen molar-refractivity contribution in [3.05, 3.63) is 25.3 Å². The average molecular weight is 1780 g/mol. The number of hydrogen-bond acceptors (Lipinski definition) is 31.